The van der Waals surface area contributed by atoms with Crippen LogP contribution in [0.5, 0.6) is 0 Å². The summed E-state index contributed by atoms with van der Waals surface area (Å²) in [6.45, 7) is 0. The molecule has 1 atom stereocenters. The fraction of sp³-hybridized carbons (Fsp3) is 0.250. The molecular weight excluding hydrogens is 172 g/mol. The molecule has 1 aliphatic rings. The van der Waals surface area contributed by atoms with Crippen LogP contribution in [-0.2, 0) is 10.8 Å². The summed E-state index contributed by atoms with van der Waals surface area (Å²) in [5, 5.41) is 0. The van der Waals surface area contributed by atoms with E-state index in [2.05, 4.69) is 0 Å². The van der Waals surface area contributed by atoms with Crippen LogP contribution >= 0.6 is 0 Å². The highest BCUT2D eigenvalue weighted by Crippen LogP contribution is 2.33. The van der Waals surface area contributed by atoms with Crippen LogP contribution in [0.4, 0.5) is 11.4 Å². The molecule has 1 unspecified atom stereocenters. The van der Waals surface area contributed by atoms with E-state index >= 15 is 0 Å². The minimum Gasteiger partial charge on any atom is -0.398 e. The Kier molecular flexibility index (Phi) is 1.58. The molecule has 1 aliphatic heterocycles. The summed E-state index contributed by atoms with van der Waals surface area (Å²) in [6.07, 6.45) is 0. The molecule has 3 nitrogen and oxygen atoms in total. The highest BCUT2D eigenvalue weighted by atomic mass is 32.2. The minimum absolute atomic E-state index is 0.559. The summed E-state index contributed by atoms with van der Waals surface area (Å²) in [5.41, 5.74) is 7.33. The first-order valence-electron chi connectivity index (χ1n) is 3.68. The number of hydrogen-bond donors (Lipinski definition) is 1. The van der Waals surface area contributed by atoms with E-state index in [1.165, 1.54) is 0 Å². The second-order valence-electron chi connectivity index (χ2n) is 2.87. The summed E-state index contributed by atoms with van der Waals surface area (Å²) >= 11 is 0. The smallest absolute Gasteiger partial charge is 0.0983 e. The molecule has 0 spiro atoms. The Labute approximate surface area is 73.6 Å². The number of nitrogens with two attached hydrogens (primary N) is 1. The van der Waals surface area contributed by atoms with E-state index in [0.717, 1.165) is 10.6 Å². The maximum atomic E-state index is 11.5. The van der Waals surface area contributed by atoms with Gasteiger partial charge in [0, 0.05) is 12.7 Å². The molecule has 0 bridgehead atoms. The molecule has 1 aromatic carbocycles. The van der Waals surface area contributed by atoms with Gasteiger partial charge in [0.2, 0.25) is 0 Å². The van der Waals surface area contributed by atoms with Crippen molar-refractivity contribution in [3.8, 4) is 0 Å². The van der Waals surface area contributed by atoms with Crippen LogP contribution < -0.4 is 10.6 Å². The van der Waals surface area contributed by atoms with Gasteiger partial charge in [-0.3, -0.25) is 4.21 Å². The molecule has 2 rings (SSSR count). The molecule has 0 amide bonds. The van der Waals surface area contributed by atoms with Crippen molar-refractivity contribution in [1.29, 1.82) is 0 Å². The van der Waals surface area contributed by atoms with Gasteiger partial charge in [-0.2, -0.15) is 0 Å². The van der Waals surface area contributed by atoms with Crippen molar-refractivity contribution in [3.05, 3.63) is 18.2 Å². The summed E-state index contributed by atoms with van der Waals surface area (Å²) in [4.78, 5) is 2.75. The molecule has 0 fully saturated rings. The van der Waals surface area contributed by atoms with Gasteiger partial charge in [-0.25, -0.2) is 0 Å². The molecule has 64 valence electrons. The van der Waals surface area contributed by atoms with Crippen molar-refractivity contribution in [2.45, 2.75) is 4.90 Å². The standard InChI is InChI=1S/C8H10N2OS/c1-10-5-12(11)8-6(9)3-2-4-7(8)10/h2-4H,5,9H2,1H3. The Morgan fingerprint density at radius 2 is 2.33 bits per heavy atom. The Morgan fingerprint density at radius 1 is 1.58 bits per heavy atom. The van der Waals surface area contributed by atoms with Gasteiger partial charge in [0.25, 0.3) is 0 Å². The number of nitrogen functional groups attached to an aromatic ring is 1. The van der Waals surface area contributed by atoms with Crippen molar-refractivity contribution in [2.24, 2.45) is 0 Å². The molecule has 12 heavy (non-hydrogen) atoms. The van der Waals surface area contributed by atoms with Crippen molar-refractivity contribution >= 4 is 22.2 Å². The fourth-order valence-corrected chi connectivity index (χ4v) is 2.81. The number of hydrogen-bond acceptors (Lipinski definition) is 3. The van der Waals surface area contributed by atoms with Gasteiger partial charge in [0.1, 0.15) is 0 Å². The van der Waals surface area contributed by atoms with Gasteiger partial charge in [-0.05, 0) is 12.1 Å². The molecule has 0 radical (unpaired) electrons. The Bertz CT molecular complexity index is 351. The first kappa shape index (κ1) is 7.61. The second kappa shape index (κ2) is 2.48. The van der Waals surface area contributed by atoms with Crippen molar-refractivity contribution in [3.63, 3.8) is 0 Å². The highest BCUT2D eigenvalue weighted by Gasteiger charge is 2.24. The van der Waals surface area contributed by atoms with Gasteiger partial charge in [0.05, 0.1) is 27.3 Å². The third kappa shape index (κ3) is 0.914. The highest BCUT2D eigenvalue weighted by molar-refractivity contribution is 7.85. The average molecular weight is 182 g/mol. The predicted octanol–water partition coefficient (Wildman–Crippen LogP) is 0.784. The van der Waals surface area contributed by atoms with Gasteiger partial charge in [-0.15, -0.1) is 0 Å². The molecule has 4 heteroatoms. The lowest BCUT2D eigenvalue weighted by Gasteiger charge is -2.09. The topological polar surface area (TPSA) is 46.3 Å². The van der Waals surface area contributed by atoms with Gasteiger partial charge >= 0.3 is 0 Å². The zero-order valence-corrected chi connectivity index (χ0v) is 7.60. The Balaban J connectivity index is 2.67. The van der Waals surface area contributed by atoms with Crippen molar-refractivity contribution in [2.75, 3.05) is 23.6 Å². The number of anilines is 2. The maximum Gasteiger partial charge on any atom is 0.0983 e. The van der Waals surface area contributed by atoms with Crippen LogP contribution in [0.3, 0.4) is 0 Å². The largest absolute Gasteiger partial charge is 0.398 e. The molecule has 1 aromatic rings. The van der Waals surface area contributed by atoms with Gasteiger partial charge < -0.3 is 10.6 Å². The van der Waals surface area contributed by atoms with Crippen molar-refractivity contribution in [1.82, 2.24) is 0 Å². The lowest BCUT2D eigenvalue weighted by atomic mass is 10.3. The monoisotopic (exact) mass is 182 g/mol. The number of rotatable bonds is 0. The Hall–Kier alpha value is -1.03. The van der Waals surface area contributed by atoms with Crippen LogP contribution in [0, 0.1) is 0 Å². The minimum atomic E-state index is -0.939. The third-order valence-corrected chi connectivity index (χ3v) is 3.50. The number of fused-ring (bicyclic) bond motifs is 1. The quantitative estimate of drug-likeness (QED) is 0.603. The summed E-state index contributed by atoms with van der Waals surface area (Å²) in [5.74, 6) is 0.559. The van der Waals surface area contributed by atoms with Crippen LogP contribution in [0.25, 0.3) is 0 Å². The maximum absolute atomic E-state index is 11.5. The molecule has 0 saturated carbocycles. The first-order valence-corrected chi connectivity index (χ1v) is 5.00. The zero-order valence-electron chi connectivity index (χ0n) is 6.78. The number of nitrogens with zero attached hydrogens (tertiary/aromatic N) is 1. The lowest BCUT2D eigenvalue weighted by Crippen LogP contribution is -2.13. The van der Waals surface area contributed by atoms with Gasteiger partial charge in [0.15, 0.2) is 0 Å². The zero-order chi connectivity index (χ0) is 8.72. The molecule has 0 aliphatic carbocycles. The van der Waals surface area contributed by atoms with Crippen LogP contribution in [0.1, 0.15) is 0 Å². The van der Waals surface area contributed by atoms with E-state index in [0.29, 0.717) is 11.6 Å². The summed E-state index contributed by atoms with van der Waals surface area (Å²) in [6, 6.07) is 5.61. The Morgan fingerprint density at radius 3 is 3.00 bits per heavy atom. The molecule has 1 heterocycles. The SMILES string of the molecule is CN1CS(=O)c2c(N)cccc21. The normalized spacial score (nSPS) is 21.1. The van der Waals surface area contributed by atoms with Crippen LogP contribution in [0.2, 0.25) is 0 Å². The fourth-order valence-electron chi connectivity index (χ4n) is 1.40. The summed E-state index contributed by atoms with van der Waals surface area (Å²) in [7, 11) is 0.981. The second-order valence-corrected chi connectivity index (χ2v) is 4.23. The third-order valence-electron chi connectivity index (χ3n) is 1.97. The summed E-state index contributed by atoms with van der Waals surface area (Å²) < 4.78 is 11.5. The van der Waals surface area contributed by atoms with Gasteiger partial charge in [-0.1, -0.05) is 6.07 Å². The lowest BCUT2D eigenvalue weighted by molar-refractivity contribution is 0.685. The van der Waals surface area contributed by atoms with E-state index in [9.17, 15) is 4.21 Å². The molecule has 0 aromatic heterocycles. The van der Waals surface area contributed by atoms with Crippen LogP contribution in [0.15, 0.2) is 23.1 Å². The molecule has 2 N–H and O–H groups in total. The average Bonchev–Trinajstić information content (AvgIpc) is 2.29. The molecular formula is C8H10N2OS. The first-order chi connectivity index (χ1) is 5.70. The molecule has 0 saturated heterocycles. The van der Waals surface area contributed by atoms with E-state index in [4.69, 9.17) is 5.73 Å². The predicted molar refractivity (Wildman–Crippen MR) is 50.5 cm³/mol. The van der Waals surface area contributed by atoms with Crippen LogP contribution in [-0.4, -0.2) is 17.1 Å². The van der Waals surface area contributed by atoms with E-state index in [1.807, 2.05) is 24.1 Å². The van der Waals surface area contributed by atoms with E-state index in [-0.39, 0.29) is 0 Å². The van der Waals surface area contributed by atoms with E-state index in [1.54, 1.807) is 6.07 Å². The number of benzene rings is 1. The van der Waals surface area contributed by atoms with E-state index < -0.39 is 10.8 Å². The van der Waals surface area contributed by atoms with Crippen molar-refractivity contribution < 1.29 is 4.21 Å².